The summed E-state index contributed by atoms with van der Waals surface area (Å²) in [5.74, 6) is -0.678. The molecule has 0 bridgehead atoms. The zero-order valence-corrected chi connectivity index (χ0v) is 11.6. The predicted molar refractivity (Wildman–Crippen MR) is 69.5 cm³/mol. The summed E-state index contributed by atoms with van der Waals surface area (Å²) in [7, 11) is 0. The highest BCUT2D eigenvalue weighted by molar-refractivity contribution is 5.95. The smallest absolute Gasteiger partial charge is 0.287 e. The average Bonchev–Trinajstić information content (AvgIpc) is 2.81. The van der Waals surface area contributed by atoms with Gasteiger partial charge in [0.25, 0.3) is 5.91 Å². The lowest BCUT2D eigenvalue weighted by molar-refractivity contribution is -0.125. The first-order chi connectivity index (χ1) is 8.74. The largest absolute Gasteiger partial charge is 0.459 e. The Morgan fingerprint density at radius 2 is 2.00 bits per heavy atom. The first-order valence-electron chi connectivity index (χ1n) is 6.08. The van der Waals surface area contributed by atoms with Crippen LogP contribution in [-0.2, 0) is 4.79 Å². The molecule has 2 amide bonds. The van der Waals surface area contributed by atoms with Gasteiger partial charge in [-0.2, -0.15) is 0 Å². The Balaban J connectivity index is 2.56. The SMILES string of the molecule is CC(NC(=O)c1ccco1)C(=O)NC(C)(C)C(C)O. The predicted octanol–water partition coefficient (Wildman–Crippen LogP) is 0.673. The lowest BCUT2D eigenvalue weighted by Crippen LogP contribution is -2.56. The standard InChI is InChI=1S/C13H20N2O4/c1-8(11(17)15-13(3,4)9(2)16)14-12(18)10-6-5-7-19-10/h5-9,16H,1-4H3,(H,14,18)(H,15,17). The Kier molecular flexibility index (Phi) is 4.72. The Morgan fingerprint density at radius 1 is 1.37 bits per heavy atom. The second-order valence-corrected chi connectivity index (χ2v) is 5.06. The van der Waals surface area contributed by atoms with E-state index in [0.29, 0.717) is 0 Å². The van der Waals surface area contributed by atoms with Crippen molar-refractivity contribution in [3.05, 3.63) is 24.2 Å². The van der Waals surface area contributed by atoms with Crippen LogP contribution in [0.5, 0.6) is 0 Å². The Hall–Kier alpha value is -1.82. The first kappa shape index (κ1) is 15.2. The highest BCUT2D eigenvalue weighted by atomic mass is 16.3. The van der Waals surface area contributed by atoms with E-state index >= 15 is 0 Å². The lowest BCUT2D eigenvalue weighted by Gasteiger charge is -2.30. The first-order valence-corrected chi connectivity index (χ1v) is 6.08. The molecule has 0 aliphatic rings. The Morgan fingerprint density at radius 3 is 2.47 bits per heavy atom. The van der Waals surface area contributed by atoms with E-state index in [1.807, 2.05) is 0 Å². The highest BCUT2D eigenvalue weighted by Gasteiger charge is 2.28. The summed E-state index contributed by atoms with van der Waals surface area (Å²) in [5.41, 5.74) is -0.763. The third-order valence-electron chi connectivity index (χ3n) is 2.98. The number of hydrogen-bond acceptors (Lipinski definition) is 4. The monoisotopic (exact) mass is 268 g/mol. The maximum atomic E-state index is 11.9. The van der Waals surface area contributed by atoms with Gasteiger partial charge in [-0.05, 0) is 39.8 Å². The van der Waals surface area contributed by atoms with Gasteiger partial charge in [-0.15, -0.1) is 0 Å². The Labute approximate surface area is 112 Å². The molecule has 1 aromatic heterocycles. The van der Waals surface area contributed by atoms with E-state index in [1.54, 1.807) is 33.8 Å². The van der Waals surface area contributed by atoms with Gasteiger partial charge in [0, 0.05) is 0 Å². The minimum Gasteiger partial charge on any atom is -0.459 e. The van der Waals surface area contributed by atoms with Gasteiger partial charge in [0.15, 0.2) is 5.76 Å². The van der Waals surface area contributed by atoms with Crippen LogP contribution in [-0.4, -0.2) is 34.6 Å². The third kappa shape index (κ3) is 4.10. The van der Waals surface area contributed by atoms with Crippen LogP contribution in [0, 0.1) is 0 Å². The summed E-state index contributed by atoms with van der Waals surface area (Å²) >= 11 is 0. The number of carbonyl (C=O) groups is 2. The molecule has 0 saturated carbocycles. The number of hydrogen-bond donors (Lipinski definition) is 3. The molecule has 2 atom stereocenters. The van der Waals surface area contributed by atoms with Gasteiger partial charge in [0.05, 0.1) is 17.9 Å². The van der Waals surface area contributed by atoms with Crippen molar-refractivity contribution in [2.24, 2.45) is 0 Å². The number of rotatable bonds is 5. The van der Waals surface area contributed by atoms with Gasteiger partial charge >= 0.3 is 0 Å². The summed E-state index contributed by atoms with van der Waals surface area (Å²) in [4.78, 5) is 23.6. The molecule has 0 aromatic carbocycles. The normalized spacial score (nSPS) is 14.6. The molecule has 0 aliphatic carbocycles. The van der Waals surface area contributed by atoms with Crippen LogP contribution in [0.1, 0.15) is 38.2 Å². The lowest BCUT2D eigenvalue weighted by atomic mass is 9.98. The minimum absolute atomic E-state index is 0.148. The van der Waals surface area contributed by atoms with E-state index in [4.69, 9.17) is 4.42 Å². The molecule has 0 aliphatic heterocycles. The highest BCUT2D eigenvalue weighted by Crippen LogP contribution is 2.08. The van der Waals surface area contributed by atoms with Crippen molar-refractivity contribution >= 4 is 11.8 Å². The molecule has 1 aromatic rings. The zero-order chi connectivity index (χ0) is 14.6. The van der Waals surface area contributed by atoms with Gasteiger partial charge in [-0.25, -0.2) is 0 Å². The molecule has 1 rings (SSSR count). The van der Waals surface area contributed by atoms with Gasteiger partial charge in [0.1, 0.15) is 6.04 Å². The molecule has 6 heteroatoms. The topological polar surface area (TPSA) is 91.6 Å². The van der Waals surface area contributed by atoms with E-state index in [2.05, 4.69) is 10.6 Å². The van der Waals surface area contributed by atoms with Crippen LogP contribution >= 0.6 is 0 Å². The molecule has 19 heavy (non-hydrogen) atoms. The van der Waals surface area contributed by atoms with Crippen molar-refractivity contribution in [1.82, 2.24) is 10.6 Å². The third-order valence-corrected chi connectivity index (χ3v) is 2.98. The van der Waals surface area contributed by atoms with Gasteiger partial charge in [0.2, 0.25) is 5.91 Å². The summed E-state index contributed by atoms with van der Waals surface area (Å²) in [6, 6.07) is 2.38. The molecule has 0 saturated heterocycles. The molecule has 2 unspecified atom stereocenters. The summed E-state index contributed by atoms with van der Waals surface area (Å²) < 4.78 is 4.93. The number of aliphatic hydroxyl groups excluding tert-OH is 1. The number of carbonyl (C=O) groups excluding carboxylic acids is 2. The molecule has 106 valence electrons. The Bertz CT molecular complexity index is 438. The molecule has 3 N–H and O–H groups in total. The van der Waals surface area contributed by atoms with Gasteiger partial charge < -0.3 is 20.2 Å². The van der Waals surface area contributed by atoms with Crippen molar-refractivity contribution in [3.8, 4) is 0 Å². The zero-order valence-electron chi connectivity index (χ0n) is 11.6. The fraction of sp³-hybridized carbons (Fsp3) is 0.538. The van der Waals surface area contributed by atoms with E-state index < -0.39 is 23.6 Å². The van der Waals surface area contributed by atoms with Crippen molar-refractivity contribution in [2.45, 2.75) is 45.4 Å². The van der Waals surface area contributed by atoms with Gasteiger partial charge in [-0.1, -0.05) is 0 Å². The van der Waals surface area contributed by atoms with Crippen LogP contribution in [0.3, 0.4) is 0 Å². The van der Waals surface area contributed by atoms with Crippen molar-refractivity contribution in [1.29, 1.82) is 0 Å². The van der Waals surface area contributed by atoms with E-state index in [1.165, 1.54) is 12.3 Å². The second kappa shape index (κ2) is 5.88. The van der Waals surface area contributed by atoms with E-state index in [-0.39, 0.29) is 11.7 Å². The molecule has 6 nitrogen and oxygen atoms in total. The molecule has 0 radical (unpaired) electrons. The minimum atomic E-state index is -0.763. The van der Waals surface area contributed by atoms with Gasteiger partial charge in [-0.3, -0.25) is 9.59 Å². The second-order valence-electron chi connectivity index (χ2n) is 5.06. The van der Waals surface area contributed by atoms with Crippen molar-refractivity contribution in [3.63, 3.8) is 0 Å². The summed E-state index contributed by atoms with van der Waals surface area (Å²) in [5, 5.41) is 14.7. The molecule has 1 heterocycles. The maximum Gasteiger partial charge on any atom is 0.287 e. The fourth-order valence-electron chi connectivity index (χ4n) is 1.27. The number of nitrogens with one attached hydrogen (secondary N) is 2. The van der Waals surface area contributed by atoms with E-state index in [0.717, 1.165) is 0 Å². The van der Waals surface area contributed by atoms with Crippen LogP contribution in [0.25, 0.3) is 0 Å². The number of amides is 2. The quantitative estimate of drug-likeness (QED) is 0.732. The fourth-order valence-corrected chi connectivity index (χ4v) is 1.27. The van der Waals surface area contributed by atoms with Crippen LogP contribution in [0.2, 0.25) is 0 Å². The van der Waals surface area contributed by atoms with E-state index in [9.17, 15) is 14.7 Å². The maximum absolute atomic E-state index is 11.9. The summed E-state index contributed by atoms with van der Waals surface area (Å²) in [6.07, 6.45) is 0.681. The number of aliphatic hydroxyl groups is 1. The summed E-state index contributed by atoms with van der Waals surface area (Å²) in [6.45, 7) is 6.56. The number of furan rings is 1. The van der Waals surface area contributed by atoms with Crippen molar-refractivity contribution < 1.29 is 19.1 Å². The van der Waals surface area contributed by atoms with Crippen LogP contribution in [0.4, 0.5) is 0 Å². The molecule has 0 fully saturated rings. The van der Waals surface area contributed by atoms with Crippen LogP contribution in [0.15, 0.2) is 22.8 Å². The molecular formula is C13H20N2O4. The molecule has 0 spiro atoms. The average molecular weight is 268 g/mol. The van der Waals surface area contributed by atoms with Crippen LogP contribution < -0.4 is 10.6 Å². The van der Waals surface area contributed by atoms with Crippen molar-refractivity contribution in [2.75, 3.05) is 0 Å². The molecular weight excluding hydrogens is 248 g/mol.